The summed E-state index contributed by atoms with van der Waals surface area (Å²) in [6.07, 6.45) is 0.703. The van der Waals surface area contributed by atoms with Gasteiger partial charge in [0.1, 0.15) is 0 Å². The molecule has 0 aromatic carbocycles. The fraction of sp³-hybridized carbons (Fsp3) is 0.714. The second-order valence-corrected chi connectivity index (χ2v) is 6.55. The molecule has 2 rings (SSSR count). The fourth-order valence-electron chi connectivity index (χ4n) is 2.84. The van der Waals surface area contributed by atoms with E-state index in [4.69, 9.17) is 5.73 Å². The maximum Gasteiger partial charge on any atom is 0.0593 e. The van der Waals surface area contributed by atoms with Crippen LogP contribution in [-0.4, -0.2) is 35.2 Å². The van der Waals surface area contributed by atoms with Gasteiger partial charge in [-0.1, -0.05) is 6.92 Å². The van der Waals surface area contributed by atoms with Crippen molar-refractivity contribution in [2.45, 2.75) is 45.4 Å². The highest BCUT2D eigenvalue weighted by Crippen LogP contribution is 2.33. The number of thiophene rings is 1. The molecule has 1 fully saturated rings. The first-order valence-electron chi connectivity index (χ1n) is 6.72. The quantitative estimate of drug-likeness (QED) is 0.883. The summed E-state index contributed by atoms with van der Waals surface area (Å²) in [4.78, 5) is 3.83. The molecule has 4 unspecified atom stereocenters. The van der Waals surface area contributed by atoms with Gasteiger partial charge in [-0.3, -0.25) is 4.90 Å². The largest absolute Gasteiger partial charge is 0.393 e. The third kappa shape index (κ3) is 2.77. The molecule has 3 N–H and O–H groups in total. The lowest BCUT2D eigenvalue weighted by Gasteiger charge is -2.41. The van der Waals surface area contributed by atoms with Crippen molar-refractivity contribution in [1.82, 2.24) is 4.90 Å². The number of nitrogens with two attached hydrogens (primary N) is 1. The fourth-order valence-corrected chi connectivity index (χ4v) is 4.02. The van der Waals surface area contributed by atoms with Gasteiger partial charge in [0, 0.05) is 24.0 Å². The van der Waals surface area contributed by atoms with Crippen LogP contribution < -0.4 is 5.73 Å². The maximum atomic E-state index is 9.85. The van der Waals surface area contributed by atoms with E-state index in [2.05, 4.69) is 37.1 Å². The maximum absolute atomic E-state index is 9.85. The van der Waals surface area contributed by atoms with Gasteiger partial charge in [0.15, 0.2) is 0 Å². The summed E-state index contributed by atoms with van der Waals surface area (Å²) in [6.45, 7) is 8.24. The molecule has 4 heteroatoms. The van der Waals surface area contributed by atoms with Crippen molar-refractivity contribution in [1.29, 1.82) is 0 Å². The topological polar surface area (TPSA) is 49.5 Å². The molecule has 0 saturated carbocycles. The molecule has 0 bridgehead atoms. The second kappa shape index (κ2) is 5.70. The van der Waals surface area contributed by atoms with Crippen molar-refractivity contribution in [3.8, 4) is 0 Å². The number of hydrogen-bond acceptors (Lipinski definition) is 4. The normalized spacial score (nSPS) is 29.2. The number of aryl methyl sites for hydroxylation is 1. The van der Waals surface area contributed by atoms with E-state index in [1.54, 1.807) is 11.3 Å². The van der Waals surface area contributed by atoms with Crippen LogP contribution in [0.15, 0.2) is 11.4 Å². The summed E-state index contributed by atoms with van der Waals surface area (Å²) in [5, 5.41) is 12.0. The first kappa shape index (κ1) is 14.0. The van der Waals surface area contributed by atoms with E-state index < -0.39 is 0 Å². The summed E-state index contributed by atoms with van der Waals surface area (Å²) in [6, 6.07) is 2.57. The van der Waals surface area contributed by atoms with E-state index in [0.29, 0.717) is 12.0 Å². The van der Waals surface area contributed by atoms with Gasteiger partial charge in [0.2, 0.25) is 0 Å². The molecule has 0 aliphatic carbocycles. The van der Waals surface area contributed by atoms with Crippen LogP contribution in [0.4, 0.5) is 0 Å². The van der Waals surface area contributed by atoms with Crippen LogP contribution in [0.25, 0.3) is 0 Å². The predicted molar refractivity (Wildman–Crippen MR) is 76.8 cm³/mol. The smallest absolute Gasteiger partial charge is 0.0593 e. The lowest BCUT2D eigenvalue weighted by atomic mass is 9.93. The summed E-state index contributed by atoms with van der Waals surface area (Å²) in [5.74, 6) is 0.334. The summed E-state index contributed by atoms with van der Waals surface area (Å²) in [5.41, 5.74) is 7.54. The van der Waals surface area contributed by atoms with Gasteiger partial charge in [0.25, 0.3) is 0 Å². The van der Waals surface area contributed by atoms with Crippen LogP contribution in [0, 0.1) is 12.8 Å². The van der Waals surface area contributed by atoms with Gasteiger partial charge >= 0.3 is 0 Å². The minimum atomic E-state index is -0.153. The standard InChI is InChI=1S/C14H24N2OS/c1-9-5-7-18-14(9)13(11(3)15)16-6-4-12(17)10(2)8-16/h5,7,10-13,17H,4,6,8,15H2,1-3H3. The van der Waals surface area contributed by atoms with Crippen LogP contribution in [0.5, 0.6) is 0 Å². The van der Waals surface area contributed by atoms with Crippen molar-refractivity contribution in [2.24, 2.45) is 11.7 Å². The Labute approximate surface area is 114 Å². The summed E-state index contributed by atoms with van der Waals surface area (Å²) in [7, 11) is 0. The molecule has 0 spiro atoms. The molecular formula is C14H24N2OS. The molecule has 4 atom stereocenters. The molecule has 2 heterocycles. The first-order chi connectivity index (χ1) is 8.50. The zero-order valence-electron chi connectivity index (χ0n) is 11.5. The highest BCUT2D eigenvalue weighted by atomic mass is 32.1. The van der Waals surface area contributed by atoms with Crippen LogP contribution in [0.1, 0.15) is 36.8 Å². The molecule has 18 heavy (non-hydrogen) atoms. The first-order valence-corrected chi connectivity index (χ1v) is 7.60. The van der Waals surface area contributed by atoms with Gasteiger partial charge in [-0.2, -0.15) is 0 Å². The highest BCUT2D eigenvalue weighted by Gasteiger charge is 2.32. The van der Waals surface area contributed by atoms with Crippen LogP contribution >= 0.6 is 11.3 Å². The number of nitrogens with zero attached hydrogens (tertiary/aromatic N) is 1. The number of aliphatic hydroxyl groups is 1. The average Bonchev–Trinajstić information content (AvgIpc) is 2.70. The van der Waals surface area contributed by atoms with Gasteiger partial charge in [-0.15, -0.1) is 11.3 Å². The molecule has 1 saturated heterocycles. The number of aliphatic hydroxyl groups excluding tert-OH is 1. The zero-order valence-corrected chi connectivity index (χ0v) is 12.3. The lowest BCUT2D eigenvalue weighted by Crippen LogP contribution is -2.48. The Hall–Kier alpha value is -0.420. The Morgan fingerprint density at radius 2 is 2.28 bits per heavy atom. The SMILES string of the molecule is Cc1ccsc1C(C(C)N)N1CCC(O)C(C)C1. The Kier molecular flexibility index (Phi) is 4.43. The van der Waals surface area contributed by atoms with Crippen LogP contribution in [-0.2, 0) is 0 Å². The Morgan fingerprint density at radius 1 is 1.56 bits per heavy atom. The van der Waals surface area contributed by atoms with Crippen LogP contribution in [0.2, 0.25) is 0 Å². The Morgan fingerprint density at radius 3 is 2.78 bits per heavy atom. The van der Waals surface area contributed by atoms with Crippen molar-refractivity contribution in [2.75, 3.05) is 13.1 Å². The van der Waals surface area contributed by atoms with E-state index in [0.717, 1.165) is 19.5 Å². The number of rotatable bonds is 3. The van der Waals surface area contributed by atoms with E-state index in [-0.39, 0.29) is 12.1 Å². The van der Waals surface area contributed by atoms with E-state index in [1.807, 2.05) is 0 Å². The van der Waals surface area contributed by atoms with E-state index in [1.165, 1.54) is 10.4 Å². The average molecular weight is 268 g/mol. The molecule has 0 radical (unpaired) electrons. The van der Waals surface area contributed by atoms with Crippen molar-refractivity contribution >= 4 is 11.3 Å². The van der Waals surface area contributed by atoms with Gasteiger partial charge in [-0.25, -0.2) is 0 Å². The summed E-state index contributed by atoms with van der Waals surface area (Å²) < 4.78 is 0. The monoisotopic (exact) mass is 268 g/mol. The lowest BCUT2D eigenvalue weighted by molar-refractivity contribution is 0.0132. The van der Waals surface area contributed by atoms with E-state index in [9.17, 15) is 5.11 Å². The number of hydrogen-bond donors (Lipinski definition) is 2. The second-order valence-electron chi connectivity index (χ2n) is 5.60. The predicted octanol–water partition coefficient (Wildman–Crippen LogP) is 2.15. The summed E-state index contributed by atoms with van der Waals surface area (Å²) >= 11 is 1.80. The van der Waals surface area contributed by atoms with Crippen molar-refractivity contribution < 1.29 is 5.11 Å². The van der Waals surface area contributed by atoms with Crippen molar-refractivity contribution in [3.05, 3.63) is 21.9 Å². The molecule has 1 aliphatic heterocycles. The Balaban J connectivity index is 2.19. The third-order valence-electron chi connectivity index (χ3n) is 3.95. The van der Waals surface area contributed by atoms with Crippen molar-refractivity contribution in [3.63, 3.8) is 0 Å². The molecular weight excluding hydrogens is 244 g/mol. The van der Waals surface area contributed by atoms with Crippen LogP contribution in [0.3, 0.4) is 0 Å². The van der Waals surface area contributed by atoms with Gasteiger partial charge in [-0.05, 0) is 43.2 Å². The Bertz CT molecular complexity index is 391. The minimum absolute atomic E-state index is 0.116. The zero-order chi connectivity index (χ0) is 13.3. The molecule has 0 amide bonds. The van der Waals surface area contributed by atoms with Gasteiger partial charge < -0.3 is 10.8 Å². The molecule has 1 aliphatic rings. The molecule has 1 aromatic rings. The van der Waals surface area contributed by atoms with Gasteiger partial charge in [0.05, 0.1) is 12.1 Å². The number of piperidine rings is 1. The molecule has 1 aromatic heterocycles. The molecule has 3 nitrogen and oxygen atoms in total. The number of likely N-dealkylation sites (tertiary alicyclic amines) is 1. The third-order valence-corrected chi connectivity index (χ3v) is 5.04. The van der Waals surface area contributed by atoms with E-state index >= 15 is 0 Å². The molecule has 102 valence electrons. The minimum Gasteiger partial charge on any atom is -0.393 e. The highest BCUT2D eigenvalue weighted by molar-refractivity contribution is 7.10.